The molecule has 0 fully saturated rings. The predicted molar refractivity (Wildman–Crippen MR) is 79.6 cm³/mol. The van der Waals surface area contributed by atoms with Gasteiger partial charge in [0.05, 0.1) is 11.2 Å². The third-order valence-electron chi connectivity index (χ3n) is 2.40. The number of rotatable bonds is 4. The van der Waals surface area contributed by atoms with Crippen LogP contribution in [-0.4, -0.2) is 22.3 Å². The summed E-state index contributed by atoms with van der Waals surface area (Å²) in [7, 11) is 0. The van der Waals surface area contributed by atoms with Crippen molar-refractivity contribution >= 4 is 29.8 Å². The molecule has 1 amide bonds. The summed E-state index contributed by atoms with van der Waals surface area (Å²) < 4.78 is 0. The maximum absolute atomic E-state index is 11.6. The molecular formula is C14H13ClN4O. The molecule has 0 aliphatic rings. The quantitative estimate of drug-likeness (QED) is 0.671. The van der Waals surface area contributed by atoms with Crippen LogP contribution in [0.15, 0.2) is 46.5 Å². The molecule has 1 heterocycles. The van der Waals surface area contributed by atoms with Crippen LogP contribution >= 0.6 is 11.6 Å². The van der Waals surface area contributed by atoms with Gasteiger partial charge >= 0.3 is 0 Å². The van der Waals surface area contributed by atoms with E-state index in [1.165, 1.54) is 6.21 Å². The molecule has 102 valence electrons. The SMILES string of the molecule is Cc1cc(C(=O)N/N=C\C(Cl)=C\c2ccccc2)n[nH]1. The van der Waals surface area contributed by atoms with E-state index in [0.717, 1.165) is 11.3 Å². The van der Waals surface area contributed by atoms with Gasteiger partial charge in [-0.2, -0.15) is 10.2 Å². The van der Waals surface area contributed by atoms with Gasteiger partial charge in [-0.05, 0) is 24.6 Å². The molecule has 0 saturated carbocycles. The third kappa shape index (κ3) is 4.07. The van der Waals surface area contributed by atoms with Crippen molar-refractivity contribution in [1.82, 2.24) is 15.6 Å². The molecule has 5 nitrogen and oxygen atoms in total. The topological polar surface area (TPSA) is 70.1 Å². The van der Waals surface area contributed by atoms with Gasteiger partial charge < -0.3 is 0 Å². The largest absolute Gasteiger partial charge is 0.291 e. The van der Waals surface area contributed by atoms with Gasteiger partial charge in [-0.15, -0.1) is 0 Å². The summed E-state index contributed by atoms with van der Waals surface area (Å²) in [5.74, 6) is -0.394. The molecule has 0 aliphatic carbocycles. The highest BCUT2D eigenvalue weighted by molar-refractivity contribution is 6.41. The maximum atomic E-state index is 11.6. The number of aryl methyl sites for hydroxylation is 1. The third-order valence-corrected chi connectivity index (χ3v) is 2.60. The molecule has 20 heavy (non-hydrogen) atoms. The Balaban J connectivity index is 1.93. The second kappa shape index (κ2) is 6.68. The molecular weight excluding hydrogens is 276 g/mol. The number of amides is 1. The number of H-pyrrole nitrogens is 1. The summed E-state index contributed by atoms with van der Waals surface area (Å²) in [5, 5.41) is 10.7. The zero-order chi connectivity index (χ0) is 14.4. The van der Waals surface area contributed by atoms with Crippen LogP contribution in [0.25, 0.3) is 6.08 Å². The Morgan fingerprint density at radius 2 is 2.15 bits per heavy atom. The summed E-state index contributed by atoms with van der Waals surface area (Å²) in [6, 6.07) is 11.2. The van der Waals surface area contributed by atoms with Gasteiger partial charge in [-0.3, -0.25) is 9.89 Å². The minimum Gasteiger partial charge on any atom is -0.282 e. The highest BCUT2D eigenvalue weighted by Gasteiger charge is 2.07. The number of aromatic nitrogens is 2. The number of allylic oxidation sites excluding steroid dienone is 1. The minimum atomic E-state index is -0.394. The fourth-order valence-electron chi connectivity index (χ4n) is 1.49. The van der Waals surface area contributed by atoms with E-state index in [4.69, 9.17) is 11.6 Å². The number of hydrazone groups is 1. The summed E-state index contributed by atoms with van der Waals surface area (Å²) in [5.41, 5.74) is 4.40. The maximum Gasteiger partial charge on any atom is 0.291 e. The fraction of sp³-hybridized carbons (Fsp3) is 0.0714. The fourth-order valence-corrected chi connectivity index (χ4v) is 1.66. The second-order valence-electron chi connectivity index (χ2n) is 4.08. The molecule has 2 aromatic rings. The molecule has 1 aromatic carbocycles. The lowest BCUT2D eigenvalue weighted by molar-refractivity contribution is 0.0950. The van der Waals surface area contributed by atoms with E-state index in [0.29, 0.717) is 5.03 Å². The van der Waals surface area contributed by atoms with Crippen LogP contribution in [0.4, 0.5) is 0 Å². The molecule has 1 aromatic heterocycles. The first-order chi connectivity index (χ1) is 9.65. The number of carbonyl (C=O) groups excluding carboxylic acids is 1. The second-order valence-corrected chi connectivity index (χ2v) is 4.51. The summed E-state index contributed by atoms with van der Waals surface area (Å²) >= 11 is 5.99. The Kier molecular flexibility index (Phi) is 4.68. The first-order valence-corrected chi connectivity index (χ1v) is 6.30. The van der Waals surface area contributed by atoms with Gasteiger partial charge in [0.2, 0.25) is 0 Å². The molecule has 0 saturated heterocycles. The normalized spacial score (nSPS) is 11.8. The van der Waals surface area contributed by atoms with Crippen LogP contribution in [0.5, 0.6) is 0 Å². The Morgan fingerprint density at radius 3 is 2.80 bits per heavy atom. The monoisotopic (exact) mass is 288 g/mol. The average Bonchev–Trinajstić information content (AvgIpc) is 2.86. The molecule has 0 aliphatic heterocycles. The predicted octanol–water partition coefficient (Wildman–Crippen LogP) is 2.71. The van der Waals surface area contributed by atoms with Gasteiger partial charge in [-0.25, -0.2) is 5.43 Å². The molecule has 0 atom stereocenters. The zero-order valence-electron chi connectivity index (χ0n) is 10.8. The smallest absolute Gasteiger partial charge is 0.282 e. The molecule has 6 heteroatoms. The molecule has 0 bridgehead atoms. The van der Waals surface area contributed by atoms with E-state index in [9.17, 15) is 4.79 Å². The first-order valence-electron chi connectivity index (χ1n) is 5.93. The summed E-state index contributed by atoms with van der Waals surface area (Å²) in [6.07, 6.45) is 3.11. The number of carbonyl (C=O) groups is 1. The van der Waals surface area contributed by atoms with Crippen molar-refractivity contribution in [2.24, 2.45) is 5.10 Å². The van der Waals surface area contributed by atoms with E-state index in [1.54, 1.807) is 12.1 Å². The Labute approximate surface area is 121 Å². The van der Waals surface area contributed by atoms with E-state index in [-0.39, 0.29) is 5.69 Å². The van der Waals surface area contributed by atoms with Gasteiger partial charge in [-0.1, -0.05) is 41.9 Å². The Hall–Kier alpha value is -2.40. The Morgan fingerprint density at radius 1 is 1.40 bits per heavy atom. The van der Waals surface area contributed by atoms with Gasteiger partial charge in [0.25, 0.3) is 5.91 Å². The van der Waals surface area contributed by atoms with Crippen molar-refractivity contribution in [3.05, 3.63) is 58.4 Å². The van der Waals surface area contributed by atoms with E-state index < -0.39 is 5.91 Å². The number of nitrogens with one attached hydrogen (secondary N) is 2. The number of benzene rings is 1. The van der Waals surface area contributed by atoms with Crippen molar-refractivity contribution in [3.63, 3.8) is 0 Å². The van der Waals surface area contributed by atoms with Crippen molar-refractivity contribution < 1.29 is 4.79 Å². The lowest BCUT2D eigenvalue weighted by Crippen LogP contribution is -2.17. The van der Waals surface area contributed by atoms with Crippen molar-refractivity contribution in [1.29, 1.82) is 0 Å². The molecule has 0 spiro atoms. The Bertz CT molecular complexity index is 646. The number of aromatic amines is 1. The molecule has 2 rings (SSSR count). The zero-order valence-corrected chi connectivity index (χ0v) is 11.6. The van der Waals surface area contributed by atoms with Crippen LogP contribution in [-0.2, 0) is 0 Å². The van der Waals surface area contributed by atoms with Crippen LogP contribution in [0.3, 0.4) is 0 Å². The number of halogens is 1. The summed E-state index contributed by atoms with van der Waals surface area (Å²) in [6.45, 7) is 1.81. The molecule has 0 unspecified atom stereocenters. The first kappa shape index (κ1) is 14.0. The number of hydrogen-bond acceptors (Lipinski definition) is 3. The molecule has 0 radical (unpaired) electrons. The molecule has 2 N–H and O–H groups in total. The number of nitrogens with zero attached hydrogens (tertiary/aromatic N) is 2. The standard InChI is InChI=1S/C14H13ClN4O/c1-10-7-13(18-17-10)14(20)19-16-9-12(15)8-11-5-3-2-4-6-11/h2-9H,1H3,(H,17,18)(H,19,20)/b12-8-,16-9-. The van der Waals surface area contributed by atoms with E-state index >= 15 is 0 Å². The van der Waals surface area contributed by atoms with E-state index in [2.05, 4.69) is 20.7 Å². The highest BCUT2D eigenvalue weighted by Crippen LogP contribution is 2.07. The van der Waals surface area contributed by atoms with Crippen molar-refractivity contribution in [3.8, 4) is 0 Å². The summed E-state index contributed by atoms with van der Waals surface area (Å²) in [4.78, 5) is 11.6. The van der Waals surface area contributed by atoms with Gasteiger partial charge in [0.15, 0.2) is 5.69 Å². The van der Waals surface area contributed by atoms with Crippen LogP contribution in [0, 0.1) is 6.92 Å². The number of hydrogen-bond donors (Lipinski definition) is 2. The van der Waals surface area contributed by atoms with Crippen LogP contribution < -0.4 is 5.43 Å². The van der Waals surface area contributed by atoms with Gasteiger partial charge in [0, 0.05) is 5.69 Å². The minimum absolute atomic E-state index is 0.280. The van der Waals surface area contributed by atoms with E-state index in [1.807, 2.05) is 37.3 Å². The van der Waals surface area contributed by atoms with Crippen LogP contribution in [0.1, 0.15) is 21.7 Å². The average molecular weight is 289 g/mol. The van der Waals surface area contributed by atoms with Crippen LogP contribution in [0.2, 0.25) is 0 Å². The lowest BCUT2D eigenvalue weighted by atomic mass is 10.2. The van der Waals surface area contributed by atoms with Crippen molar-refractivity contribution in [2.75, 3.05) is 0 Å². The van der Waals surface area contributed by atoms with Gasteiger partial charge in [0.1, 0.15) is 0 Å². The lowest BCUT2D eigenvalue weighted by Gasteiger charge is -1.95. The van der Waals surface area contributed by atoms with Crippen molar-refractivity contribution in [2.45, 2.75) is 6.92 Å². The highest BCUT2D eigenvalue weighted by atomic mass is 35.5.